The Balaban J connectivity index is 2.01. The Morgan fingerprint density at radius 2 is 2.33 bits per heavy atom. The summed E-state index contributed by atoms with van der Waals surface area (Å²) < 4.78 is 0. The summed E-state index contributed by atoms with van der Waals surface area (Å²) in [5, 5.41) is 0. The number of hydrogen-bond donors (Lipinski definition) is 1. The number of nitrogens with two attached hydrogens (primary N) is 1. The molecule has 2 heterocycles. The quantitative estimate of drug-likeness (QED) is 0.788. The maximum Gasteiger partial charge on any atom is 0.222 e. The summed E-state index contributed by atoms with van der Waals surface area (Å²) in [5.41, 5.74) is 7.43. The number of carbonyl (C=O) groups is 1. The lowest BCUT2D eigenvalue weighted by Crippen LogP contribution is -2.24. The minimum Gasteiger partial charge on any atom is -0.337 e. The van der Waals surface area contributed by atoms with E-state index in [0.717, 1.165) is 24.2 Å². The van der Waals surface area contributed by atoms with Gasteiger partial charge in [-0.2, -0.15) is 0 Å². The van der Waals surface area contributed by atoms with Crippen molar-refractivity contribution in [3.05, 3.63) is 29.6 Å². The molecule has 1 aliphatic heterocycles. The van der Waals surface area contributed by atoms with Crippen LogP contribution in [0.4, 0.5) is 0 Å². The average molecular weight is 205 g/mol. The third kappa shape index (κ3) is 2.33. The summed E-state index contributed by atoms with van der Waals surface area (Å²) in [6, 6.07) is 3.90. The number of amides is 1. The Kier molecular flexibility index (Phi) is 2.97. The van der Waals surface area contributed by atoms with Crippen LogP contribution in [0.2, 0.25) is 0 Å². The maximum atomic E-state index is 11.4. The zero-order valence-corrected chi connectivity index (χ0v) is 8.65. The summed E-state index contributed by atoms with van der Waals surface area (Å²) in [6.45, 7) is 2.00. The van der Waals surface area contributed by atoms with Crippen molar-refractivity contribution in [3.63, 3.8) is 0 Å². The minimum absolute atomic E-state index is 0.236. The highest BCUT2D eigenvalue weighted by Crippen LogP contribution is 2.13. The lowest BCUT2D eigenvalue weighted by Gasteiger charge is -2.14. The molecule has 0 bridgehead atoms. The van der Waals surface area contributed by atoms with Crippen LogP contribution in [0.1, 0.15) is 24.1 Å². The fraction of sp³-hybridized carbons (Fsp3) is 0.455. The van der Waals surface area contributed by atoms with Crippen LogP contribution in [0.15, 0.2) is 18.3 Å². The molecule has 4 nitrogen and oxygen atoms in total. The molecule has 0 saturated carbocycles. The van der Waals surface area contributed by atoms with Gasteiger partial charge < -0.3 is 10.6 Å². The Labute approximate surface area is 89.1 Å². The molecule has 80 valence electrons. The fourth-order valence-electron chi connectivity index (χ4n) is 1.74. The Morgan fingerprint density at radius 3 is 2.87 bits per heavy atom. The Bertz CT molecular complexity index is 347. The van der Waals surface area contributed by atoms with E-state index >= 15 is 0 Å². The molecular formula is C11H15N3O. The summed E-state index contributed by atoms with van der Waals surface area (Å²) >= 11 is 0. The highest BCUT2D eigenvalue weighted by molar-refractivity contribution is 5.77. The molecule has 1 aromatic rings. The van der Waals surface area contributed by atoms with Crippen LogP contribution in [0, 0.1) is 0 Å². The van der Waals surface area contributed by atoms with Crippen LogP contribution in [0.3, 0.4) is 0 Å². The van der Waals surface area contributed by atoms with Crippen LogP contribution in [0.25, 0.3) is 0 Å². The smallest absolute Gasteiger partial charge is 0.222 e. The van der Waals surface area contributed by atoms with Gasteiger partial charge in [0.05, 0.1) is 12.2 Å². The third-order valence-corrected chi connectivity index (χ3v) is 2.65. The van der Waals surface area contributed by atoms with Gasteiger partial charge in [-0.3, -0.25) is 9.78 Å². The van der Waals surface area contributed by atoms with Crippen molar-refractivity contribution in [1.82, 2.24) is 9.88 Å². The van der Waals surface area contributed by atoms with E-state index in [4.69, 9.17) is 5.73 Å². The van der Waals surface area contributed by atoms with Gasteiger partial charge in [-0.1, -0.05) is 6.07 Å². The topological polar surface area (TPSA) is 59.2 Å². The van der Waals surface area contributed by atoms with E-state index in [-0.39, 0.29) is 5.91 Å². The van der Waals surface area contributed by atoms with Gasteiger partial charge in [-0.15, -0.1) is 0 Å². The monoisotopic (exact) mass is 205 g/mol. The van der Waals surface area contributed by atoms with Crippen LogP contribution in [0.5, 0.6) is 0 Å². The van der Waals surface area contributed by atoms with Crippen molar-refractivity contribution in [2.75, 3.05) is 6.54 Å². The largest absolute Gasteiger partial charge is 0.337 e. The second-order valence-corrected chi connectivity index (χ2v) is 3.78. The molecule has 1 aliphatic rings. The first kappa shape index (κ1) is 10.1. The highest BCUT2D eigenvalue weighted by Gasteiger charge is 2.20. The fourth-order valence-corrected chi connectivity index (χ4v) is 1.74. The number of aromatic nitrogens is 1. The lowest BCUT2D eigenvalue weighted by molar-refractivity contribution is -0.128. The SMILES string of the molecule is NCc1ccc(CN2CCCC2=O)nc1. The van der Waals surface area contributed by atoms with E-state index in [1.807, 2.05) is 17.0 Å². The van der Waals surface area contributed by atoms with Gasteiger partial charge in [0, 0.05) is 25.7 Å². The van der Waals surface area contributed by atoms with Crippen molar-refractivity contribution in [2.24, 2.45) is 5.73 Å². The number of hydrogen-bond acceptors (Lipinski definition) is 3. The summed E-state index contributed by atoms with van der Waals surface area (Å²) in [5.74, 6) is 0.236. The van der Waals surface area contributed by atoms with Gasteiger partial charge in [-0.25, -0.2) is 0 Å². The molecule has 2 rings (SSSR count). The van der Waals surface area contributed by atoms with Crippen molar-refractivity contribution in [2.45, 2.75) is 25.9 Å². The van der Waals surface area contributed by atoms with E-state index in [1.54, 1.807) is 6.20 Å². The van der Waals surface area contributed by atoms with Gasteiger partial charge in [0.1, 0.15) is 0 Å². The molecule has 0 aromatic carbocycles. The van der Waals surface area contributed by atoms with E-state index in [0.29, 0.717) is 19.5 Å². The van der Waals surface area contributed by atoms with E-state index in [2.05, 4.69) is 4.98 Å². The van der Waals surface area contributed by atoms with E-state index < -0.39 is 0 Å². The first-order valence-electron chi connectivity index (χ1n) is 5.21. The average Bonchev–Trinajstić information content (AvgIpc) is 2.66. The Hall–Kier alpha value is -1.42. The summed E-state index contributed by atoms with van der Waals surface area (Å²) in [4.78, 5) is 17.5. The van der Waals surface area contributed by atoms with Gasteiger partial charge in [0.2, 0.25) is 5.91 Å². The molecular weight excluding hydrogens is 190 g/mol. The lowest BCUT2D eigenvalue weighted by atomic mass is 10.2. The molecule has 2 N–H and O–H groups in total. The molecule has 0 unspecified atom stereocenters. The predicted molar refractivity (Wildman–Crippen MR) is 56.8 cm³/mol. The van der Waals surface area contributed by atoms with Gasteiger partial charge >= 0.3 is 0 Å². The molecule has 0 aliphatic carbocycles. The summed E-state index contributed by atoms with van der Waals surface area (Å²) in [6.07, 6.45) is 3.43. The highest BCUT2D eigenvalue weighted by atomic mass is 16.2. The van der Waals surface area contributed by atoms with E-state index in [1.165, 1.54) is 0 Å². The van der Waals surface area contributed by atoms with Crippen molar-refractivity contribution in [3.8, 4) is 0 Å². The summed E-state index contributed by atoms with van der Waals surface area (Å²) in [7, 11) is 0. The molecule has 0 spiro atoms. The molecule has 1 aromatic heterocycles. The molecule has 1 fully saturated rings. The van der Waals surface area contributed by atoms with Crippen molar-refractivity contribution in [1.29, 1.82) is 0 Å². The van der Waals surface area contributed by atoms with Crippen LogP contribution < -0.4 is 5.73 Å². The van der Waals surface area contributed by atoms with Crippen LogP contribution in [-0.2, 0) is 17.9 Å². The van der Waals surface area contributed by atoms with Gasteiger partial charge in [0.15, 0.2) is 0 Å². The van der Waals surface area contributed by atoms with Crippen molar-refractivity contribution < 1.29 is 4.79 Å². The number of carbonyl (C=O) groups excluding carboxylic acids is 1. The predicted octanol–water partition coefficient (Wildman–Crippen LogP) is 0.663. The number of nitrogens with zero attached hydrogens (tertiary/aromatic N) is 2. The van der Waals surface area contributed by atoms with Crippen molar-refractivity contribution >= 4 is 5.91 Å². The van der Waals surface area contributed by atoms with E-state index in [9.17, 15) is 4.79 Å². The number of likely N-dealkylation sites (tertiary alicyclic amines) is 1. The van der Waals surface area contributed by atoms with Crippen LogP contribution in [-0.4, -0.2) is 22.3 Å². The second kappa shape index (κ2) is 4.40. The zero-order chi connectivity index (χ0) is 10.7. The standard InChI is InChI=1S/C11H15N3O/c12-6-9-3-4-10(13-7-9)8-14-5-1-2-11(14)15/h3-4,7H,1-2,5-6,8,12H2. The molecule has 1 amide bonds. The Morgan fingerprint density at radius 1 is 1.47 bits per heavy atom. The van der Waals surface area contributed by atoms with Crippen LogP contribution >= 0.6 is 0 Å². The normalized spacial score (nSPS) is 16.1. The van der Waals surface area contributed by atoms with Gasteiger partial charge in [0.25, 0.3) is 0 Å². The first-order valence-corrected chi connectivity index (χ1v) is 5.21. The maximum absolute atomic E-state index is 11.4. The van der Waals surface area contributed by atoms with Gasteiger partial charge in [-0.05, 0) is 18.1 Å². The zero-order valence-electron chi connectivity index (χ0n) is 8.65. The second-order valence-electron chi connectivity index (χ2n) is 3.78. The first-order chi connectivity index (χ1) is 7.29. The number of pyridine rings is 1. The molecule has 0 atom stereocenters. The minimum atomic E-state index is 0.236. The third-order valence-electron chi connectivity index (χ3n) is 2.65. The molecule has 0 radical (unpaired) electrons. The molecule has 1 saturated heterocycles. The molecule has 15 heavy (non-hydrogen) atoms. The molecule has 4 heteroatoms. The number of rotatable bonds is 3.